The van der Waals surface area contributed by atoms with Crippen LogP contribution in [0.5, 0.6) is 0 Å². The van der Waals surface area contributed by atoms with E-state index < -0.39 is 0 Å². The van der Waals surface area contributed by atoms with Crippen molar-refractivity contribution in [3.63, 3.8) is 0 Å². The van der Waals surface area contributed by atoms with Gasteiger partial charge in [0.15, 0.2) is 0 Å². The van der Waals surface area contributed by atoms with Crippen LogP contribution in [0.2, 0.25) is 0 Å². The first-order chi connectivity index (χ1) is 9.71. The Morgan fingerprint density at radius 2 is 2.10 bits per heavy atom. The predicted molar refractivity (Wildman–Crippen MR) is 85.1 cm³/mol. The summed E-state index contributed by atoms with van der Waals surface area (Å²) in [6.07, 6.45) is 1.93. The average Bonchev–Trinajstić information content (AvgIpc) is 2.88. The highest BCUT2D eigenvalue weighted by molar-refractivity contribution is 9.10. The summed E-state index contributed by atoms with van der Waals surface area (Å²) in [7, 11) is 0. The van der Waals surface area contributed by atoms with Crippen LogP contribution in [0, 0.1) is 0 Å². The fourth-order valence-electron chi connectivity index (χ4n) is 2.41. The highest BCUT2D eigenvalue weighted by Crippen LogP contribution is 2.23. The van der Waals surface area contributed by atoms with Gasteiger partial charge in [-0.25, -0.2) is 4.68 Å². The molecule has 20 heavy (non-hydrogen) atoms. The van der Waals surface area contributed by atoms with E-state index in [9.17, 15) is 0 Å². The van der Waals surface area contributed by atoms with Gasteiger partial charge >= 0.3 is 0 Å². The van der Waals surface area contributed by atoms with Gasteiger partial charge in [0, 0.05) is 4.47 Å². The molecule has 1 heterocycles. The fourth-order valence-corrected chi connectivity index (χ4v) is 2.80. The van der Waals surface area contributed by atoms with Crippen LogP contribution in [0.1, 0.15) is 44.6 Å². The number of rotatable bonds is 6. The third-order valence-electron chi connectivity index (χ3n) is 3.37. The van der Waals surface area contributed by atoms with Crippen LogP contribution in [0.15, 0.2) is 28.7 Å². The first-order valence-corrected chi connectivity index (χ1v) is 7.94. The lowest BCUT2D eigenvalue weighted by atomic mass is 10.1. The summed E-state index contributed by atoms with van der Waals surface area (Å²) >= 11 is 3.51. The molecule has 0 aliphatic rings. The Hall–Kier alpha value is -1.20. The molecule has 1 aromatic carbocycles. The normalized spacial score (nSPS) is 12.6. The second kappa shape index (κ2) is 6.99. The van der Waals surface area contributed by atoms with Crippen molar-refractivity contribution in [2.45, 2.75) is 39.7 Å². The van der Waals surface area contributed by atoms with E-state index in [0.29, 0.717) is 0 Å². The van der Waals surface area contributed by atoms with E-state index in [-0.39, 0.29) is 6.04 Å². The number of nitrogens with one attached hydrogen (secondary N) is 1. The molecule has 0 bridgehead atoms. The quantitative estimate of drug-likeness (QED) is 0.875. The zero-order valence-corrected chi connectivity index (χ0v) is 13.8. The van der Waals surface area contributed by atoms with Crippen LogP contribution in [0.4, 0.5) is 0 Å². The van der Waals surface area contributed by atoms with Gasteiger partial charge in [0.1, 0.15) is 5.69 Å². The van der Waals surface area contributed by atoms with Crippen molar-refractivity contribution >= 4 is 15.9 Å². The minimum absolute atomic E-state index is 0.274. The summed E-state index contributed by atoms with van der Waals surface area (Å²) in [5.41, 5.74) is 3.29. The monoisotopic (exact) mass is 336 g/mol. The van der Waals surface area contributed by atoms with Crippen LogP contribution in [-0.4, -0.2) is 21.5 Å². The van der Waals surface area contributed by atoms with Crippen molar-refractivity contribution in [1.82, 2.24) is 20.3 Å². The van der Waals surface area contributed by atoms with Crippen molar-refractivity contribution in [3.8, 4) is 5.69 Å². The van der Waals surface area contributed by atoms with Gasteiger partial charge in [0.05, 0.1) is 17.4 Å². The maximum atomic E-state index is 4.42. The molecule has 108 valence electrons. The molecule has 5 heteroatoms. The topological polar surface area (TPSA) is 42.7 Å². The Morgan fingerprint density at radius 1 is 1.30 bits per heavy atom. The van der Waals surface area contributed by atoms with Crippen LogP contribution < -0.4 is 5.32 Å². The molecule has 1 N–H and O–H groups in total. The minimum atomic E-state index is 0.274. The van der Waals surface area contributed by atoms with Crippen LogP contribution in [0.25, 0.3) is 5.69 Å². The number of hydrogen-bond acceptors (Lipinski definition) is 3. The molecule has 0 spiro atoms. The molecule has 0 aliphatic carbocycles. The van der Waals surface area contributed by atoms with Crippen molar-refractivity contribution < 1.29 is 0 Å². The second-order valence-corrected chi connectivity index (χ2v) is 5.60. The highest BCUT2D eigenvalue weighted by atomic mass is 79.9. The Bertz CT molecular complexity index is 565. The van der Waals surface area contributed by atoms with Crippen molar-refractivity contribution in [2.75, 3.05) is 6.54 Å². The molecule has 0 fully saturated rings. The number of aromatic nitrogens is 3. The molecule has 1 aromatic heterocycles. The Morgan fingerprint density at radius 3 is 2.70 bits per heavy atom. The molecule has 2 rings (SSSR count). The van der Waals surface area contributed by atoms with E-state index in [4.69, 9.17) is 0 Å². The first-order valence-electron chi connectivity index (χ1n) is 7.15. The fraction of sp³-hybridized carbons (Fsp3) is 0.467. The van der Waals surface area contributed by atoms with Crippen LogP contribution in [-0.2, 0) is 6.42 Å². The van der Waals surface area contributed by atoms with E-state index in [0.717, 1.165) is 35.2 Å². The molecule has 2 aromatic rings. The smallest absolute Gasteiger partial charge is 0.103 e. The molecular weight excluding hydrogens is 316 g/mol. The molecule has 0 saturated carbocycles. The van der Waals surface area contributed by atoms with Gasteiger partial charge in [-0.05, 0) is 37.6 Å². The zero-order chi connectivity index (χ0) is 14.5. The van der Waals surface area contributed by atoms with Crippen molar-refractivity contribution in [1.29, 1.82) is 0 Å². The Labute approximate surface area is 128 Å². The lowest BCUT2D eigenvalue weighted by molar-refractivity contribution is 0.520. The summed E-state index contributed by atoms with van der Waals surface area (Å²) in [5.74, 6) is 0. The summed E-state index contributed by atoms with van der Waals surface area (Å²) < 4.78 is 2.99. The molecule has 1 unspecified atom stereocenters. The van der Waals surface area contributed by atoms with Gasteiger partial charge in [0.2, 0.25) is 0 Å². The first kappa shape index (κ1) is 15.2. The van der Waals surface area contributed by atoms with E-state index >= 15 is 0 Å². The molecule has 0 aliphatic heterocycles. The predicted octanol–water partition coefficient (Wildman–Crippen LogP) is 3.65. The third-order valence-corrected chi connectivity index (χ3v) is 3.86. The second-order valence-electron chi connectivity index (χ2n) is 4.69. The number of benzene rings is 1. The molecule has 0 saturated heterocycles. The van der Waals surface area contributed by atoms with Crippen molar-refractivity contribution in [2.24, 2.45) is 0 Å². The number of hydrogen-bond donors (Lipinski definition) is 1. The zero-order valence-electron chi connectivity index (χ0n) is 12.2. The van der Waals surface area contributed by atoms with Crippen LogP contribution >= 0.6 is 15.9 Å². The van der Waals surface area contributed by atoms with Gasteiger partial charge in [-0.3, -0.25) is 0 Å². The van der Waals surface area contributed by atoms with E-state index in [1.165, 1.54) is 5.69 Å². The largest absolute Gasteiger partial charge is 0.309 e. The van der Waals surface area contributed by atoms with E-state index in [1.807, 2.05) is 16.8 Å². The summed E-state index contributed by atoms with van der Waals surface area (Å²) in [4.78, 5) is 0. The van der Waals surface area contributed by atoms with E-state index in [1.54, 1.807) is 0 Å². The van der Waals surface area contributed by atoms with Gasteiger partial charge in [-0.1, -0.05) is 48.0 Å². The lowest BCUT2D eigenvalue weighted by Gasteiger charge is -2.15. The SMILES string of the molecule is CCNC(CC)c1nnn(-c2cccc(Br)c2)c1CC. The van der Waals surface area contributed by atoms with Crippen LogP contribution in [0.3, 0.4) is 0 Å². The summed E-state index contributed by atoms with van der Waals surface area (Å²) in [6.45, 7) is 7.37. The van der Waals surface area contributed by atoms with Gasteiger partial charge < -0.3 is 5.32 Å². The molecule has 0 radical (unpaired) electrons. The van der Waals surface area contributed by atoms with Crippen molar-refractivity contribution in [3.05, 3.63) is 40.1 Å². The van der Waals surface area contributed by atoms with Gasteiger partial charge in [0.25, 0.3) is 0 Å². The molecule has 0 amide bonds. The summed E-state index contributed by atoms with van der Waals surface area (Å²) in [5, 5.41) is 12.2. The molecule has 4 nitrogen and oxygen atoms in total. The average molecular weight is 337 g/mol. The maximum Gasteiger partial charge on any atom is 0.103 e. The van der Waals surface area contributed by atoms with Gasteiger partial charge in [-0.2, -0.15) is 0 Å². The minimum Gasteiger partial charge on any atom is -0.309 e. The number of nitrogens with zero attached hydrogens (tertiary/aromatic N) is 3. The molecular formula is C15H21BrN4. The molecule has 1 atom stereocenters. The van der Waals surface area contributed by atoms with Gasteiger partial charge in [-0.15, -0.1) is 5.10 Å². The maximum absolute atomic E-state index is 4.42. The lowest BCUT2D eigenvalue weighted by Crippen LogP contribution is -2.21. The third kappa shape index (κ3) is 3.10. The van der Waals surface area contributed by atoms with E-state index in [2.05, 4.69) is 64.5 Å². The standard InChI is InChI=1S/C15H21BrN4/c1-4-13(17-6-3)15-14(5-2)20(19-18-15)12-9-7-8-11(16)10-12/h7-10,13,17H,4-6H2,1-3H3. The Kier molecular flexibility index (Phi) is 5.31. The highest BCUT2D eigenvalue weighted by Gasteiger charge is 2.19. The Balaban J connectivity index is 2.43. The summed E-state index contributed by atoms with van der Waals surface area (Å²) in [6, 6.07) is 8.42. The number of halogens is 1.